The molecule has 6 heteroatoms. The number of nitrogens with one attached hydrogen (secondary N) is 1. The summed E-state index contributed by atoms with van der Waals surface area (Å²) >= 11 is 1.17. The second-order valence-corrected chi connectivity index (χ2v) is 3.67. The average Bonchev–Trinajstić information content (AvgIpc) is 2.54. The minimum Gasteiger partial charge on any atom is -0.478 e. The van der Waals surface area contributed by atoms with E-state index in [1.54, 1.807) is 6.92 Å². The Labute approximate surface area is 92.2 Å². The predicted molar refractivity (Wildman–Crippen MR) is 58.8 cm³/mol. The van der Waals surface area contributed by atoms with Crippen molar-refractivity contribution in [2.45, 2.75) is 13.8 Å². The fourth-order valence-corrected chi connectivity index (χ4v) is 1.94. The van der Waals surface area contributed by atoms with E-state index in [0.717, 1.165) is 0 Å². The monoisotopic (exact) mass is 230 g/mol. The van der Waals surface area contributed by atoms with Crippen LogP contribution in [0.1, 0.15) is 23.0 Å². The first-order valence-electron chi connectivity index (χ1n) is 4.68. The van der Waals surface area contributed by atoms with Crippen molar-refractivity contribution in [2.24, 2.45) is 0 Å². The molecule has 5 nitrogen and oxygen atoms in total. The number of aryl methyl sites for hydroxylation is 1. The molecule has 0 unspecified atom stereocenters. The maximum atomic E-state index is 10.9. The molecule has 0 saturated heterocycles. The van der Waals surface area contributed by atoms with E-state index in [0.29, 0.717) is 30.5 Å². The normalized spacial score (nSPS) is 10.3. The van der Waals surface area contributed by atoms with Crippen molar-refractivity contribution in [1.82, 2.24) is 4.37 Å². The van der Waals surface area contributed by atoms with Crippen molar-refractivity contribution in [1.29, 1.82) is 0 Å². The third-order valence-electron chi connectivity index (χ3n) is 1.81. The van der Waals surface area contributed by atoms with E-state index in [2.05, 4.69) is 9.69 Å². The maximum absolute atomic E-state index is 10.9. The van der Waals surface area contributed by atoms with Gasteiger partial charge in [0.15, 0.2) is 0 Å². The summed E-state index contributed by atoms with van der Waals surface area (Å²) < 4.78 is 9.13. The molecular formula is C9H14N2O3S. The Kier molecular flexibility index (Phi) is 4.51. The number of hydrogen-bond donors (Lipinski definition) is 2. The lowest BCUT2D eigenvalue weighted by molar-refractivity contribution is 0.0697. The fraction of sp³-hybridized carbons (Fsp3) is 0.556. The molecule has 0 aliphatic heterocycles. The zero-order chi connectivity index (χ0) is 11.3. The molecule has 0 amide bonds. The molecule has 2 N–H and O–H groups in total. The molecule has 1 rings (SSSR count). The Balaban J connectivity index is 2.57. The number of carboxylic acids is 1. The van der Waals surface area contributed by atoms with Crippen LogP contribution < -0.4 is 5.32 Å². The van der Waals surface area contributed by atoms with Gasteiger partial charge in [0.2, 0.25) is 0 Å². The van der Waals surface area contributed by atoms with Crippen LogP contribution in [-0.2, 0) is 4.74 Å². The smallest absolute Gasteiger partial charge is 0.340 e. The van der Waals surface area contributed by atoms with Crippen molar-refractivity contribution in [3.05, 3.63) is 11.3 Å². The van der Waals surface area contributed by atoms with Crippen LogP contribution in [0.25, 0.3) is 0 Å². The second kappa shape index (κ2) is 5.67. The molecule has 1 heterocycles. The summed E-state index contributed by atoms with van der Waals surface area (Å²) in [5.74, 6) is -0.944. The molecule has 0 saturated carbocycles. The van der Waals surface area contributed by atoms with Crippen LogP contribution >= 0.6 is 11.5 Å². The SMILES string of the molecule is CCOCCNc1snc(C)c1C(=O)O. The number of rotatable bonds is 6. The summed E-state index contributed by atoms with van der Waals surface area (Å²) in [5, 5.41) is 12.5. The summed E-state index contributed by atoms with van der Waals surface area (Å²) in [4.78, 5) is 10.9. The Morgan fingerprint density at radius 2 is 2.40 bits per heavy atom. The number of anilines is 1. The van der Waals surface area contributed by atoms with E-state index in [4.69, 9.17) is 9.84 Å². The zero-order valence-corrected chi connectivity index (χ0v) is 9.56. The van der Waals surface area contributed by atoms with Gasteiger partial charge in [0, 0.05) is 13.2 Å². The third-order valence-corrected chi connectivity index (χ3v) is 2.71. The maximum Gasteiger partial charge on any atom is 0.340 e. The van der Waals surface area contributed by atoms with Crippen LogP contribution in [0.3, 0.4) is 0 Å². The van der Waals surface area contributed by atoms with Gasteiger partial charge < -0.3 is 15.2 Å². The van der Waals surface area contributed by atoms with Crippen LogP contribution in [-0.4, -0.2) is 35.2 Å². The van der Waals surface area contributed by atoms with Crippen molar-refractivity contribution < 1.29 is 14.6 Å². The van der Waals surface area contributed by atoms with Crippen LogP contribution in [0.15, 0.2) is 0 Å². The first kappa shape index (κ1) is 11.9. The Bertz CT molecular complexity index is 338. The van der Waals surface area contributed by atoms with Crippen LogP contribution in [0, 0.1) is 6.92 Å². The molecule has 84 valence electrons. The van der Waals surface area contributed by atoms with Crippen molar-refractivity contribution in [3.8, 4) is 0 Å². The summed E-state index contributed by atoms with van der Waals surface area (Å²) in [5.41, 5.74) is 0.808. The number of nitrogens with zero attached hydrogens (tertiary/aromatic N) is 1. The van der Waals surface area contributed by atoms with E-state index >= 15 is 0 Å². The number of aromatic carboxylic acids is 1. The Hall–Kier alpha value is -1.14. The largest absolute Gasteiger partial charge is 0.478 e. The topological polar surface area (TPSA) is 71.5 Å². The molecule has 1 aromatic rings. The highest BCUT2D eigenvalue weighted by molar-refractivity contribution is 7.10. The van der Waals surface area contributed by atoms with E-state index < -0.39 is 5.97 Å². The molecular weight excluding hydrogens is 216 g/mol. The van der Waals surface area contributed by atoms with Gasteiger partial charge in [0.05, 0.1) is 12.3 Å². The van der Waals surface area contributed by atoms with Crippen molar-refractivity contribution in [2.75, 3.05) is 25.1 Å². The van der Waals surface area contributed by atoms with Gasteiger partial charge in [-0.1, -0.05) is 0 Å². The van der Waals surface area contributed by atoms with E-state index in [-0.39, 0.29) is 5.56 Å². The van der Waals surface area contributed by atoms with Gasteiger partial charge in [-0.3, -0.25) is 0 Å². The number of aromatic nitrogens is 1. The molecule has 0 aliphatic carbocycles. The first-order valence-corrected chi connectivity index (χ1v) is 5.45. The van der Waals surface area contributed by atoms with Gasteiger partial charge in [-0.15, -0.1) is 0 Å². The molecule has 0 aliphatic rings. The van der Waals surface area contributed by atoms with Crippen LogP contribution in [0.5, 0.6) is 0 Å². The lowest BCUT2D eigenvalue weighted by Gasteiger charge is -2.04. The fourth-order valence-electron chi connectivity index (χ4n) is 1.12. The number of carbonyl (C=O) groups is 1. The molecule has 0 fully saturated rings. The molecule has 0 aromatic carbocycles. The predicted octanol–water partition coefficient (Wildman–Crippen LogP) is 1.60. The highest BCUT2D eigenvalue weighted by Gasteiger charge is 2.16. The lowest BCUT2D eigenvalue weighted by atomic mass is 10.2. The molecule has 0 atom stereocenters. The minimum absolute atomic E-state index is 0.261. The molecule has 0 radical (unpaired) electrons. The standard InChI is InChI=1S/C9H14N2O3S/c1-3-14-5-4-10-8-7(9(12)13)6(2)11-15-8/h10H,3-5H2,1-2H3,(H,12,13). The van der Waals surface area contributed by atoms with Crippen LogP contribution in [0.2, 0.25) is 0 Å². The summed E-state index contributed by atoms with van der Waals surface area (Å²) in [6.45, 7) is 5.42. The van der Waals surface area contributed by atoms with E-state index in [1.165, 1.54) is 11.5 Å². The molecule has 1 aromatic heterocycles. The Morgan fingerprint density at radius 1 is 1.67 bits per heavy atom. The first-order chi connectivity index (χ1) is 7.16. The van der Waals surface area contributed by atoms with E-state index in [9.17, 15) is 4.79 Å². The summed E-state index contributed by atoms with van der Waals surface area (Å²) in [7, 11) is 0. The average molecular weight is 230 g/mol. The third kappa shape index (κ3) is 3.17. The van der Waals surface area contributed by atoms with Crippen LogP contribution in [0.4, 0.5) is 5.00 Å². The zero-order valence-electron chi connectivity index (χ0n) is 8.74. The van der Waals surface area contributed by atoms with Gasteiger partial charge in [-0.2, -0.15) is 4.37 Å². The van der Waals surface area contributed by atoms with Crippen molar-refractivity contribution >= 4 is 22.5 Å². The number of hydrogen-bond acceptors (Lipinski definition) is 5. The van der Waals surface area contributed by atoms with Gasteiger partial charge in [-0.25, -0.2) is 4.79 Å². The van der Waals surface area contributed by atoms with E-state index in [1.807, 2.05) is 6.92 Å². The molecule has 0 spiro atoms. The quantitative estimate of drug-likeness (QED) is 0.726. The number of carboxylic acid groups (broad SMARTS) is 1. The van der Waals surface area contributed by atoms with Gasteiger partial charge in [0.25, 0.3) is 0 Å². The van der Waals surface area contributed by atoms with Gasteiger partial charge in [0.1, 0.15) is 10.6 Å². The summed E-state index contributed by atoms with van der Waals surface area (Å²) in [6.07, 6.45) is 0. The molecule has 0 bridgehead atoms. The number of ether oxygens (including phenoxy) is 1. The minimum atomic E-state index is -0.944. The van der Waals surface area contributed by atoms with Gasteiger partial charge in [-0.05, 0) is 25.4 Å². The second-order valence-electron chi connectivity index (χ2n) is 2.90. The van der Waals surface area contributed by atoms with Crippen molar-refractivity contribution in [3.63, 3.8) is 0 Å². The molecule has 15 heavy (non-hydrogen) atoms. The Morgan fingerprint density at radius 3 is 3.00 bits per heavy atom. The summed E-state index contributed by atoms with van der Waals surface area (Å²) in [6, 6.07) is 0. The highest BCUT2D eigenvalue weighted by Crippen LogP contribution is 2.23. The van der Waals surface area contributed by atoms with Gasteiger partial charge >= 0.3 is 5.97 Å². The highest BCUT2D eigenvalue weighted by atomic mass is 32.1. The lowest BCUT2D eigenvalue weighted by Crippen LogP contribution is -2.11.